The fraction of sp³-hybridized carbons (Fsp3) is 0.500. The van der Waals surface area contributed by atoms with Crippen LogP contribution in [0.3, 0.4) is 0 Å². The zero-order valence-electron chi connectivity index (χ0n) is 16.2. The Labute approximate surface area is 165 Å². The van der Waals surface area contributed by atoms with Gasteiger partial charge in [-0.15, -0.1) is 0 Å². The molecule has 2 rings (SSSR count). The molecule has 0 aliphatic carbocycles. The standard InChI is InChI=1S/C20H26N2O6/c1-24-14-27-18-9-6-12-22(17(10-11-21)19(18)28-15-25-2)20(23)26-13-16-7-4-3-5-8-16/h3-9,17-19H,10,12-15H2,1-2H3/t17-,18+,19+/m1/s1. The van der Waals surface area contributed by atoms with Gasteiger partial charge >= 0.3 is 6.09 Å². The minimum Gasteiger partial charge on any atom is -0.445 e. The average molecular weight is 390 g/mol. The second-order valence-corrected chi connectivity index (χ2v) is 6.13. The fourth-order valence-electron chi connectivity index (χ4n) is 2.93. The zero-order valence-corrected chi connectivity index (χ0v) is 16.2. The second-order valence-electron chi connectivity index (χ2n) is 6.13. The molecule has 0 fully saturated rings. The number of nitriles is 1. The van der Waals surface area contributed by atoms with Gasteiger partial charge in [-0.05, 0) is 5.56 Å². The topological polar surface area (TPSA) is 90.2 Å². The van der Waals surface area contributed by atoms with Crippen LogP contribution in [0.25, 0.3) is 0 Å². The van der Waals surface area contributed by atoms with Crippen molar-refractivity contribution in [1.82, 2.24) is 4.90 Å². The van der Waals surface area contributed by atoms with Crippen LogP contribution < -0.4 is 0 Å². The molecule has 0 radical (unpaired) electrons. The number of amides is 1. The van der Waals surface area contributed by atoms with E-state index in [0.29, 0.717) is 0 Å². The molecule has 1 aliphatic heterocycles. The van der Waals surface area contributed by atoms with Gasteiger partial charge in [0, 0.05) is 20.8 Å². The van der Waals surface area contributed by atoms with Gasteiger partial charge in [-0.2, -0.15) is 5.26 Å². The Kier molecular flexibility index (Phi) is 9.45. The van der Waals surface area contributed by atoms with Crippen LogP contribution in [0.1, 0.15) is 12.0 Å². The van der Waals surface area contributed by atoms with Crippen molar-refractivity contribution in [1.29, 1.82) is 5.26 Å². The first-order chi connectivity index (χ1) is 13.7. The smallest absolute Gasteiger partial charge is 0.410 e. The molecule has 0 saturated carbocycles. The van der Waals surface area contributed by atoms with E-state index in [1.54, 1.807) is 12.2 Å². The summed E-state index contributed by atoms with van der Waals surface area (Å²) in [4.78, 5) is 14.2. The number of carbonyl (C=O) groups is 1. The molecular formula is C20H26N2O6. The van der Waals surface area contributed by atoms with E-state index >= 15 is 0 Å². The van der Waals surface area contributed by atoms with Gasteiger partial charge in [-0.25, -0.2) is 4.79 Å². The largest absolute Gasteiger partial charge is 0.445 e. The number of hydrogen-bond acceptors (Lipinski definition) is 7. The Morgan fingerprint density at radius 3 is 2.57 bits per heavy atom. The summed E-state index contributed by atoms with van der Waals surface area (Å²) in [6.45, 7) is 0.478. The van der Waals surface area contributed by atoms with Gasteiger partial charge in [0.1, 0.15) is 32.4 Å². The number of hydrogen-bond donors (Lipinski definition) is 0. The average Bonchev–Trinajstić information content (AvgIpc) is 2.89. The number of methoxy groups -OCH3 is 2. The van der Waals surface area contributed by atoms with Crippen molar-refractivity contribution in [2.45, 2.75) is 31.3 Å². The van der Waals surface area contributed by atoms with Crippen molar-refractivity contribution in [3.8, 4) is 6.07 Å². The van der Waals surface area contributed by atoms with E-state index in [-0.39, 0.29) is 33.2 Å². The lowest BCUT2D eigenvalue weighted by Crippen LogP contribution is -2.51. The molecule has 1 heterocycles. The lowest BCUT2D eigenvalue weighted by atomic mass is 10.0. The van der Waals surface area contributed by atoms with Gasteiger partial charge in [0.05, 0.1) is 18.5 Å². The summed E-state index contributed by atoms with van der Waals surface area (Å²) >= 11 is 0. The third-order valence-electron chi connectivity index (χ3n) is 4.23. The molecule has 1 aromatic rings. The Hall–Kier alpha value is -2.44. The molecule has 1 aromatic carbocycles. The van der Waals surface area contributed by atoms with Crippen molar-refractivity contribution in [2.75, 3.05) is 34.4 Å². The van der Waals surface area contributed by atoms with E-state index in [2.05, 4.69) is 6.07 Å². The molecule has 1 amide bonds. The minimum absolute atomic E-state index is 0.000179. The summed E-state index contributed by atoms with van der Waals surface area (Å²) in [7, 11) is 3.02. The number of ether oxygens (including phenoxy) is 5. The van der Waals surface area contributed by atoms with Crippen LogP contribution in [0.5, 0.6) is 0 Å². The summed E-state index contributed by atoms with van der Waals surface area (Å²) in [5.74, 6) is 0. The third kappa shape index (κ3) is 6.32. The van der Waals surface area contributed by atoms with E-state index in [1.807, 2.05) is 30.3 Å². The summed E-state index contributed by atoms with van der Waals surface area (Å²) in [5.41, 5.74) is 0.881. The number of nitrogens with zero attached hydrogens (tertiary/aromatic N) is 2. The van der Waals surface area contributed by atoms with Crippen molar-refractivity contribution in [3.63, 3.8) is 0 Å². The first-order valence-electron chi connectivity index (χ1n) is 8.93. The highest BCUT2D eigenvalue weighted by molar-refractivity contribution is 5.68. The van der Waals surface area contributed by atoms with Gasteiger partial charge in [0.25, 0.3) is 0 Å². The SMILES string of the molecule is COCO[C@@H]1[C@@H](OCOC)C=CCN(C(=O)OCc2ccccc2)[C@@H]1CC#N. The number of rotatable bonds is 9. The van der Waals surface area contributed by atoms with Crippen LogP contribution in [-0.2, 0) is 30.3 Å². The van der Waals surface area contributed by atoms with Crippen molar-refractivity contribution in [2.24, 2.45) is 0 Å². The van der Waals surface area contributed by atoms with E-state index in [4.69, 9.17) is 23.7 Å². The summed E-state index contributed by atoms with van der Waals surface area (Å²) in [6, 6.07) is 11.0. The van der Waals surface area contributed by atoms with E-state index in [1.165, 1.54) is 19.1 Å². The van der Waals surface area contributed by atoms with Gasteiger partial charge in [0.15, 0.2) is 0 Å². The quantitative estimate of drug-likeness (QED) is 0.472. The number of carbonyl (C=O) groups excluding carboxylic acids is 1. The fourth-order valence-corrected chi connectivity index (χ4v) is 2.93. The molecule has 0 saturated heterocycles. The molecule has 0 unspecified atom stereocenters. The van der Waals surface area contributed by atoms with Crippen molar-refractivity contribution >= 4 is 6.09 Å². The molecule has 1 aliphatic rings. The van der Waals surface area contributed by atoms with Crippen LogP contribution in [0.15, 0.2) is 42.5 Å². The lowest BCUT2D eigenvalue weighted by molar-refractivity contribution is -0.158. The molecule has 28 heavy (non-hydrogen) atoms. The predicted octanol–water partition coefficient (Wildman–Crippen LogP) is 2.46. The first kappa shape index (κ1) is 21.9. The lowest BCUT2D eigenvalue weighted by Gasteiger charge is -2.35. The third-order valence-corrected chi connectivity index (χ3v) is 4.23. The van der Waals surface area contributed by atoms with Gasteiger partial charge in [0.2, 0.25) is 0 Å². The molecule has 3 atom stereocenters. The first-order valence-corrected chi connectivity index (χ1v) is 8.93. The van der Waals surface area contributed by atoms with Crippen molar-refractivity contribution < 1.29 is 28.5 Å². The monoisotopic (exact) mass is 390 g/mol. The maximum atomic E-state index is 12.8. The van der Waals surface area contributed by atoms with Crippen LogP contribution in [-0.4, -0.2) is 63.6 Å². The predicted molar refractivity (Wildman–Crippen MR) is 100.0 cm³/mol. The van der Waals surface area contributed by atoms with E-state index in [9.17, 15) is 10.1 Å². The molecule has 0 aromatic heterocycles. The van der Waals surface area contributed by atoms with E-state index < -0.39 is 24.3 Å². The molecule has 152 valence electrons. The minimum atomic E-state index is -0.613. The molecule has 0 N–H and O–H groups in total. The van der Waals surface area contributed by atoms with Crippen LogP contribution in [0.2, 0.25) is 0 Å². The van der Waals surface area contributed by atoms with Gasteiger partial charge in [-0.3, -0.25) is 4.90 Å². The van der Waals surface area contributed by atoms with E-state index in [0.717, 1.165) is 5.56 Å². The highest BCUT2D eigenvalue weighted by Gasteiger charge is 2.38. The Bertz CT molecular complexity index is 660. The van der Waals surface area contributed by atoms with Gasteiger partial charge < -0.3 is 23.7 Å². The molecule has 0 spiro atoms. The number of benzene rings is 1. The highest BCUT2D eigenvalue weighted by Crippen LogP contribution is 2.23. The normalized spacial score (nSPS) is 21.8. The summed E-state index contributed by atoms with van der Waals surface area (Å²) in [6.07, 6.45) is 2.02. The summed E-state index contributed by atoms with van der Waals surface area (Å²) in [5, 5.41) is 9.32. The maximum Gasteiger partial charge on any atom is 0.410 e. The molecule has 8 heteroatoms. The van der Waals surface area contributed by atoms with Crippen LogP contribution in [0.4, 0.5) is 4.79 Å². The Morgan fingerprint density at radius 2 is 1.89 bits per heavy atom. The Balaban J connectivity index is 2.15. The second kappa shape index (κ2) is 12.1. The van der Waals surface area contributed by atoms with Crippen molar-refractivity contribution in [3.05, 3.63) is 48.0 Å². The highest BCUT2D eigenvalue weighted by atomic mass is 16.7. The molecular weight excluding hydrogens is 364 g/mol. The van der Waals surface area contributed by atoms with Gasteiger partial charge in [-0.1, -0.05) is 42.5 Å². The Morgan fingerprint density at radius 1 is 1.18 bits per heavy atom. The zero-order chi connectivity index (χ0) is 20.2. The summed E-state index contributed by atoms with van der Waals surface area (Å²) < 4.78 is 26.9. The van der Waals surface area contributed by atoms with Crippen LogP contribution >= 0.6 is 0 Å². The maximum absolute atomic E-state index is 12.8. The molecule has 0 bridgehead atoms. The molecule has 8 nitrogen and oxygen atoms in total. The van der Waals surface area contributed by atoms with Crippen LogP contribution in [0, 0.1) is 11.3 Å².